The number of benzene rings is 1. The van der Waals surface area contributed by atoms with Gasteiger partial charge in [0.25, 0.3) is 0 Å². The minimum Gasteiger partial charge on any atom is -0.434 e. The molecule has 0 aliphatic carbocycles. The van der Waals surface area contributed by atoms with Crippen molar-refractivity contribution < 1.29 is 18.3 Å². The lowest BCUT2D eigenvalue weighted by Crippen LogP contribution is -2.41. The van der Waals surface area contributed by atoms with E-state index in [4.69, 9.17) is 11.6 Å². The number of halogens is 3. The molecular weight excluding hydrogens is 354 g/mol. The van der Waals surface area contributed by atoms with Crippen molar-refractivity contribution in [3.63, 3.8) is 0 Å². The van der Waals surface area contributed by atoms with Gasteiger partial charge in [0.15, 0.2) is 5.96 Å². The van der Waals surface area contributed by atoms with E-state index in [9.17, 15) is 13.6 Å². The fraction of sp³-hybridized carbons (Fsp3) is 0.500. The van der Waals surface area contributed by atoms with Crippen molar-refractivity contribution in [3.8, 4) is 5.75 Å². The number of hydrogen-bond acceptors (Lipinski definition) is 3. The molecule has 140 valence electrons. The SMILES string of the molecule is CN=C(NCCNC(=O)C(C)C)NCc1cc(Cl)ccc1OC(F)F. The van der Waals surface area contributed by atoms with Gasteiger partial charge in [-0.05, 0) is 18.2 Å². The zero-order valence-corrected chi connectivity index (χ0v) is 15.2. The van der Waals surface area contributed by atoms with Crippen molar-refractivity contribution in [2.24, 2.45) is 10.9 Å². The molecule has 0 fully saturated rings. The molecule has 3 N–H and O–H groups in total. The molecule has 0 bridgehead atoms. The molecule has 1 amide bonds. The minimum atomic E-state index is -2.91. The molecule has 1 aromatic rings. The van der Waals surface area contributed by atoms with Crippen LogP contribution < -0.4 is 20.7 Å². The second-order valence-electron chi connectivity index (χ2n) is 5.43. The maximum absolute atomic E-state index is 12.4. The molecule has 25 heavy (non-hydrogen) atoms. The topological polar surface area (TPSA) is 74.8 Å². The molecule has 1 aromatic carbocycles. The highest BCUT2D eigenvalue weighted by atomic mass is 35.5. The molecule has 6 nitrogen and oxygen atoms in total. The Labute approximate surface area is 151 Å². The van der Waals surface area contributed by atoms with E-state index in [1.807, 2.05) is 13.8 Å². The molecule has 0 aliphatic heterocycles. The van der Waals surface area contributed by atoms with Crippen molar-refractivity contribution >= 4 is 23.5 Å². The Hall–Kier alpha value is -2.09. The third-order valence-corrected chi connectivity index (χ3v) is 3.38. The van der Waals surface area contributed by atoms with E-state index in [-0.39, 0.29) is 24.1 Å². The Balaban J connectivity index is 2.52. The van der Waals surface area contributed by atoms with Gasteiger partial charge in [0, 0.05) is 43.2 Å². The second kappa shape index (κ2) is 10.7. The van der Waals surface area contributed by atoms with Gasteiger partial charge in [0.1, 0.15) is 5.75 Å². The summed E-state index contributed by atoms with van der Waals surface area (Å²) in [5.74, 6) is 0.402. The lowest BCUT2D eigenvalue weighted by Gasteiger charge is -2.15. The number of carbonyl (C=O) groups is 1. The Morgan fingerprint density at radius 3 is 2.52 bits per heavy atom. The van der Waals surface area contributed by atoms with Crippen LogP contribution in [0.25, 0.3) is 0 Å². The van der Waals surface area contributed by atoms with Crippen LogP contribution in [0.3, 0.4) is 0 Å². The number of hydrogen-bond donors (Lipinski definition) is 3. The Kier molecular flexibility index (Phi) is 8.98. The summed E-state index contributed by atoms with van der Waals surface area (Å²) in [6.45, 7) is 1.81. The van der Waals surface area contributed by atoms with Crippen molar-refractivity contribution in [2.75, 3.05) is 20.1 Å². The summed E-state index contributed by atoms with van der Waals surface area (Å²) in [4.78, 5) is 15.5. The summed E-state index contributed by atoms with van der Waals surface area (Å²) < 4.78 is 29.4. The monoisotopic (exact) mass is 376 g/mol. The van der Waals surface area contributed by atoms with E-state index in [0.29, 0.717) is 29.6 Å². The molecule has 1 rings (SSSR count). The molecule has 0 spiro atoms. The molecule has 0 saturated carbocycles. The van der Waals surface area contributed by atoms with Gasteiger partial charge in [-0.3, -0.25) is 9.79 Å². The standard InChI is InChI=1S/C16H23ClF2N4O2/c1-10(2)14(24)21-6-7-22-16(20-3)23-9-11-8-12(17)4-5-13(11)25-15(18)19/h4-5,8,10,15H,6-7,9H2,1-3H3,(H,21,24)(H2,20,22,23). The molecule has 0 heterocycles. The number of alkyl halides is 2. The lowest BCUT2D eigenvalue weighted by atomic mass is 10.2. The third kappa shape index (κ3) is 8.02. The van der Waals surface area contributed by atoms with Crippen LogP contribution in [0.1, 0.15) is 19.4 Å². The largest absolute Gasteiger partial charge is 0.434 e. The van der Waals surface area contributed by atoms with E-state index in [1.165, 1.54) is 12.1 Å². The van der Waals surface area contributed by atoms with E-state index in [0.717, 1.165) is 0 Å². The predicted molar refractivity (Wildman–Crippen MR) is 94.1 cm³/mol. The smallest absolute Gasteiger partial charge is 0.387 e. The van der Waals surface area contributed by atoms with Crippen molar-refractivity contribution in [3.05, 3.63) is 28.8 Å². The molecule has 0 aliphatic rings. The van der Waals surface area contributed by atoms with Crippen LogP contribution in [0.2, 0.25) is 5.02 Å². The minimum absolute atomic E-state index is 0.0301. The summed E-state index contributed by atoms with van der Waals surface area (Å²) in [6.07, 6.45) is 0. The van der Waals surface area contributed by atoms with E-state index >= 15 is 0 Å². The van der Waals surface area contributed by atoms with Gasteiger partial charge in [0.2, 0.25) is 5.91 Å². The molecule has 0 radical (unpaired) electrons. The maximum atomic E-state index is 12.4. The first-order chi connectivity index (χ1) is 11.8. The van der Waals surface area contributed by atoms with Crippen LogP contribution in [0, 0.1) is 5.92 Å². The van der Waals surface area contributed by atoms with Crippen LogP contribution in [0.4, 0.5) is 8.78 Å². The summed E-state index contributed by atoms with van der Waals surface area (Å²) in [7, 11) is 1.58. The van der Waals surface area contributed by atoms with Gasteiger partial charge in [0.05, 0.1) is 0 Å². The molecule has 0 saturated heterocycles. The average molecular weight is 377 g/mol. The lowest BCUT2D eigenvalue weighted by molar-refractivity contribution is -0.123. The summed E-state index contributed by atoms with van der Waals surface area (Å²) in [6, 6.07) is 4.42. The predicted octanol–water partition coefficient (Wildman–Crippen LogP) is 2.38. The van der Waals surface area contributed by atoms with Gasteiger partial charge in [-0.2, -0.15) is 8.78 Å². The fourth-order valence-corrected chi connectivity index (χ4v) is 2.06. The molecule has 0 atom stereocenters. The number of aliphatic imine (C=N–C) groups is 1. The molecule has 0 aromatic heterocycles. The zero-order valence-electron chi connectivity index (χ0n) is 14.4. The molecular formula is C16H23ClF2N4O2. The van der Waals surface area contributed by atoms with Crippen LogP contribution in [0.5, 0.6) is 5.75 Å². The van der Waals surface area contributed by atoms with Gasteiger partial charge in [-0.1, -0.05) is 25.4 Å². The van der Waals surface area contributed by atoms with E-state index < -0.39 is 6.61 Å². The highest BCUT2D eigenvalue weighted by molar-refractivity contribution is 6.30. The van der Waals surface area contributed by atoms with Gasteiger partial charge in [-0.15, -0.1) is 0 Å². The Morgan fingerprint density at radius 2 is 1.92 bits per heavy atom. The molecule has 0 unspecified atom stereocenters. The quantitative estimate of drug-likeness (QED) is 0.370. The first-order valence-corrected chi connectivity index (χ1v) is 8.16. The number of carbonyl (C=O) groups excluding carboxylic acids is 1. The number of ether oxygens (including phenoxy) is 1. The summed E-state index contributed by atoms with van der Waals surface area (Å²) in [5.41, 5.74) is 0.476. The Morgan fingerprint density at radius 1 is 1.24 bits per heavy atom. The molecule has 9 heteroatoms. The number of amides is 1. The van der Waals surface area contributed by atoms with Gasteiger partial charge in [-0.25, -0.2) is 0 Å². The summed E-state index contributed by atoms with van der Waals surface area (Å²) >= 11 is 5.90. The highest BCUT2D eigenvalue weighted by Crippen LogP contribution is 2.24. The fourth-order valence-electron chi connectivity index (χ4n) is 1.87. The van der Waals surface area contributed by atoms with E-state index in [1.54, 1.807) is 13.1 Å². The first kappa shape index (κ1) is 21.0. The zero-order chi connectivity index (χ0) is 18.8. The van der Waals surface area contributed by atoms with Gasteiger partial charge >= 0.3 is 6.61 Å². The second-order valence-corrected chi connectivity index (χ2v) is 5.87. The first-order valence-electron chi connectivity index (χ1n) is 7.79. The number of nitrogens with zero attached hydrogens (tertiary/aromatic N) is 1. The third-order valence-electron chi connectivity index (χ3n) is 3.15. The van der Waals surface area contributed by atoms with Crippen LogP contribution >= 0.6 is 11.6 Å². The maximum Gasteiger partial charge on any atom is 0.387 e. The van der Waals surface area contributed by atoms with Gasteiger partial charge < -0.3 is 20.7 Å². The van der Waals surface area contributed by atoms with Crippen LogP contribution in [0.15, 0.2) is 23.2 Å². The number of guanidine groups is 1. The Bertz CT molecular complexity index is 597. The number of rotatable bonds is 8. The van der Waals surface area contributed by atoms with Crippen LogP contribution in [-0.4, -0.2) is 38.6 Å². The van der Waals surface area contributed by atoms with Crippen molar-refractivity contribution in [2.45, 2.75) is 27.0 Å². The number of nitrogens with one attached hydrogen (secondary N) is 3. The summed E-state index contributed by atoms with van der Waals surface area (Å²) in [5, 5.41) is 9.17. The van der Waals surface area contributed by atoms with E-state index in [2.05, 4.69) is 25.7 Å². The van der Waals surface area contributed by atoms with Crippen LogP contribution in [-0.2, 0) is 11.3 Å². The van der Waals surface area contributed by atoms with Crippen molar-refractivity contribution in [1.82, 2.24) is 16.0 Å². The van der Waals surface area contributed by atoms with Crippen molar-refractivity contribution in [1.29, 1.82) is 0 Å². The average Bonchev–Trinajstić information content (AvgIpc) is 2.55. The highest BCUT2D eigenvalue weighted by Gasteiger charge is 2.11. The normalized spacial score (nSPS) is 11.6.